The summed E-state index contributed by atoms with van der Waals surface area (Å²) in [5, 5.41) is 18.5. The summed E-state index contributed by atoms with van der Waals surface area (Å²) in [7, 11) is 0. The van der Waals surface area contributed by atoms with Crippen LogP contribution in [0.15, 0.2) is 0 Å². The highest BCUT2D eigenvalue weighted by Crippen LogP contribution is 2.13. The molecule has 0 aromatic rings. The number of aliphatic carboxylic acids is 2. The van der Waals surface area contributed by atoms with Gasteiger partial charge in [-0.25, -0.2) is 4.79 Å². The Bertz CT molecular complexity index is 235. The van der Waals surface area contributed by atoms with Gasteiger partial charge in [-0.3, -0.25) is 4.79 Å². The first-order valence-electron chi connectivity index (χ1n) is 3.98. The van der Waals surface area contributed by atoms with Gasteiger partial charge in [-0.05, 0) is 13.0 Å². The fourth-order valence-corrected chi connectivity index (χ4v) is 0.865. The highest BCUT2D eigenvalue weighted by atomic mass is 19.4. The van der Waals surface area contributed by atoms with Crippen LogP contribution in [0.25, 0.3) is 0 Å². The molecular formula is C7H10F3NO4. The van der Waals surface area contributed by atoms with Crippen molar-refractivity contribution in [2.75, 3.05) is 13.1 Å². The summed E-state index contributed by atoms with van der Waals surface area (Å²) in [5.74, 6) is -3.56. The fourth-order valence-electron chi connectivity index (χ4n) is 0.865. The van der Waals surface area contributed by atoms with Crippen LogP contribution in [0.3, 0.4) is 0 Å². The van der Waals surface area contributed by atoms with E-state index in [2.05, 4.69) is 5.32 Å². The minimum absolute atomic E-state index is 0.130. The van der Waals surface area contributed by atoms with Gasteiger partial charge in [0.05, 0.1) is 5.92 Å². The number of nitrogens with one attached hydrogen (secondary N) is 1. The summed E-state index contributed by atoms with van der Waals surface area (Å²) in [4.78, 5) is 19.1. The smallest absolute Gasteiger partial charge is 0.481 e. The van der Waals surface area contributed by atoms with E-state index in [1.54, 1.807) is 0 Å². The van der Waals surface area contributed by atoms with Crippen molar-refractivity contribution < 1.29 is 33.0 Å². The Morgan fingerprint density at radius 1 is 1.27 bits per heavy atom. The summed E-state index contributed by atoms with van der Waals surface area (Å²) < 4.78 is 31.7. The molecular weight excluding hydrogens is 219 g/mol. The lowest BCUT2D eigenvalue weighted by Gasteiger charge is -1.96. The molecule has 15 heavy (non-hydrogen) atoms. The van der Waals surface area contributed by atoms with Crippen molar-refractivity contribution in [1.29, 1.82) is 0 Å². The van der Waals surface area contributed by atoms with Gasteiger partial charge in [0, 0.05) is 6.54 Å². The molecule has 0 amide bonds. The summed E-state index contributed by atoms with van der Waals surface area (Å²) in [5.41, 5.74) is 0. The lowest BCUT2D eigenvalue weighted by molar-refractivity contribution is -0.192. The number of hydrogen-bond acceptors (Lipinski definition) is 3. The van der Waals surface area contributed by atoms with Gasteiger partial charge < -0.3 is 15.5 Å². The molecule has 1 heterocycles. The van der Waals surface area contributed by atoms with E-state index < -0.39 is 18.1 Å². The molecule has 0 aromatic heterocycles. The van der Waals surface area contributed by atoms with E-state index in [9.17, 15) is 18.0 Å². The standard InChI is InChI=1S/C5H9NO2.C2HF3O2/c7-5(8)4-1-2-6-3-4;3-2(4,5)1(6)7/h4,6H,1-3H2,(H,7,8);(H,6,7)/t4-;/m1./s1. The van der Waals surface area contributed by atoms with E-state index in [0.717, 1.165) is 13.0 Å². The minimum Gasteiger partial charge on any atom is -0.481 e. The number of rotatable bonds is 1. The van der Waals surface area contributed by atoms with Crippen LogP contribution in [-0.2, 0) is 9.59 Å². The summed E-state index contributed by atoms with van der Waals surface area (Å²) in [6.45, 7) is 1.51. The average molecular weight is 229 g/mol. The molecule has 1 fully saturated rings. The van der Waals surface area contributed by atoms with Crippen LogP contribution in [0, 0.1) is 5.92 Å². The van der Waals surface area contributed by atoms with E-state index in [1.165, 1.54) is 0 Å². The normalized spacial score (nSPS) is 20.3. The van der Waals surface area contributed by atoms with Gasteiger partial charge in [-0.2, -0.15) is 13.2 Å². The van der Waals surface area contributed by atoms with Crippen molar-refractivity contribution in [3.05, 3.63) is 0 Å². The predicted molar refractivity (Wildman–Crippen MR) is 42.3 cm³/mol. The molecule has 5 nitrogen and oxygen atoms in total. The largest absolute Gasteiger partial charge is 0.490 e. The van der Waals surface area contributed by atoms with Crippen LogP contribution in [0.5, 0.6) is 0 Å². The Hall–Kier alpha value is -1.31. The van der Waals surface area contributed by atoms with Gasteiger partial charge in [-0.1, -0.05) is 0 Å². The second-order valence-electron chi connectivity index (χ2n) is 2.83. The van der Waals surface area contributed by atoms with Gasteiger partial charge >= 0.3 is 18.1 Å². The van der Waals surface area contributed by atoms with E-state index in [1.807, 2.05) is 0 Å². The lowest BCUT2D eigenvalue weighted by Crippen LogP contribution is -2.21. The zero-order chi connectivity index (χ0) is 12.1. The van der Waals surface area contributed by atoms with Crippen molar-refractivity contribution in [2.24, 2.45) is 5.92 Å². The van der Waals surface area contributed by atoms with Gasteiger partial charge in [0.2, 0.25) is 0 Å². The molecule has 0 aromatic carbocycles. The number of alkyl halides is 3. The van der Waals surface area contributed by atoms with Crippen molar-refractivity contribution in [1.82, 2.24) is 5.32 Å². The number of carboxylic acid groups (broad SMARTS) is 2. The molecule has 1 atom stereocenters. The van der Waals surface area contributed by atoms with Gasteiger partial charge in [-0.15, -0.1) is 0 Å². The van der Waals surface area contributed by atoms with E-state index >= 15 is 0 Å². The summed E-state index contributed by atoms with van der Waals surface area (Å²) in [6.07, 6.45) is -4.30. The van der Waals surface area contributed by atoms with Crippen LogP contribution in [-0.4, -0.2) is 41.4 Å². The third-order valence-corrected chi connectivity index (χ3v) is 1.65. The zero-order valence-electron chi connectivity index (χ0n) is 7.54. The average Bonchev–Trinajstić information content (AvgIpc) is 2.54. The van der Waals surface area contributed by atoms with Crippen molar-refractivity contribution >= 4 is 11.9 Å². The Morgan fingerprint density at radius 2 is 1.73 bits per heavy atom. The molecule has 0 saturated carbocycles. The molecule has 0 bridgehead atoms. The second-order valence-corrected chi connectivity index (χ2v) is 2.83. The first-order chi connectivity index (χ1) is 6.75. The third kappa shape index (κ3) is 5.89. The third-order valence-electron chi connectivity index (χ3n) is 1.65. The van der Waals surface area contributed by atoms with Crippen molar-refractivity contribution in [3.63, 3.8) is 0 Å². The fraction of sp³-hybridized carbons (Fsp3) is 0.714. The number of halogens is 3. The Kier molecular flexibility index (Phi) is 5.06. The second kappa shape index (κ2) is 5.54. The van der Waals surface area contributed by atoms with E-state index in [-0.39, 0.29) is 5.92 Å². The van der Waals surface area contributed by atoms with Crippen LogP contribution < -0.4 is 5.32 Å². The van der Waals surface area contributed by atoms with Gasteiger partial charge in [0.15, 0.2) is 0 Å². The molecule has 0 aliphatic carbocycles. The zero-order valence-corrected chi connectivity index (χ0v) is 7.54. The molecule has 88 valence electrons. The number of carbonyl (C=O) groups is 2. The Balaban J connectivity index is 0.000000265. The van der Waals surface area contributed by atoms with Crippen LogP contribution in [0.2, 0.25) is 0 Å². The number of carboxylic acids is 2. The maximum absolute atomic E-state index is 10.6. The molecule has 0 radical (unpaired) electrons. The lowest BCUT2D eigenvalue weighted by atomic mass is 10.1. The molecule has 1 rings (SSSR count). The van der Waals surface area contributed by atoms with Crippen LogP contribution >= 0.6 is 0 Å². The van der Waals surface area contributed by atoms with Crippen molar-refractivity contribution in [2.45, 2.75) is 12.6 Å². The van der Waals surface area contributed by atoms with Crippen LogP contribution in [0.1, 0.15) is 6.42 Å². The van der Waals surface area contributed by atoms with E-state index in [4.69, 9.17) is 15.0 Å². The molecule has 1 aliphatic heterocycles. The maximum atomic E-state index is 10.6. The maximum Gasteiger partial charge on any atom is 0.490 e. The molecule has 1 aliphatic rings. The molecule has 1 saturated heterocycles. The Labute approximate surface area is 82.9 Å². The van der Waals surface area contributed by atoms with Gasteiger partial charge in [0.25, 0.3) is 0 Å². The monoisotopic (exact) mass is 229 g/mol. The molecule has 8 heteroatoms. The molecule has 0 unspecified atom stereocenters. The van der Waals surface area contributed by atoms with Crippen molar-refractivity contribution in [3.8, 4) is 0 Å². The number of hydrogen-bond donors (Lipinski definition) is 3. The Morgan fingerprint density at radius 3 is 1.87 bits per heavy atom. The first-order valence-corrected chi connectivity index (χ1v) is 3.98. The SMILES string of the molecule is O=C(O)C(F)(F)F.O=C(O)[C@@H]1CCNC1. The van der Waals surface area contributed by atoms with E-state index in [0.29, 0.717) is 6.54 Å². The topological polar surface area (TPSA) is 86.6 Å². The molecule has 0 spiro atoms. The quantitative estimate of drug-likeness (QED) is 0.602. The summed E-state index contributed by atoms with van der Waals surface area (Å²) in [6, 6.07) is 0. The predicted octanol–water partition coefficient (Wildman–Crippen LogP) is 0.314. The highest BCUT2D eigenvalue weighted by molar-refractivity contribution is 5.73. The summed E-state index contributed by atoms with van der Waals surface area (Å²) >= 11 is 0. The van der Waals surface area contributed by atoms with Crippen LogP contribution in [0.4, 0.5) is 13.2 Å². The van der Waals surface area contributed by atoms with Gasteiger partial charge in [0.1, 0.15) is 0 Å². The first kappa shape index (κ1) is 13.7. The highest BCUT2D eigenvalue weighted by Gasteiger charge is 2.38. The minimum atomic E-state index is -5.08. The molecule has 3 N–H and O–H groups in total.